The van der Waals surface area contributed by atoms with Gasteiger partial charge in [0.2, 0.25) is 9.84 Å². The minimum atomic E-state index is -4.21. The summed E-state index contributed by atoms with van der Waals surface area (Å²) in [6.07, 6.45) is 1.20. The lowest BCUT2D eigenvalue weighted by atomic mass is 10.0. The molecule has 0 radical (unpaired) electrons. The Bertz CT molecular complexity index is 1190. The molecule has 2 aromatic carbocycles. The molecule has 29 heavy (non-hydrogen) atoms. The lowest BCUT2D eigenvalue weighted by Crippen LogP contribution is -2.00. The Hall–Kier alpha value is -3.55. The van der Waals surface area contributed by atoms with Crippen LogP contribution in [-0.4, -0.2) is 18.6 Å². The standard InChI is InChI=1S/C22H20N2O4S/c1-13-5-17(6-14(2)21(13)25)9-20(11-24)29(27,28)12-19(10-23)18-7-15(3)22(26)16(4)8-18/h5-9,12,25-26H,1-4H3/b19-12-,20-9+. The van der Waals surface area contributed by atoms with Crippen molar-refractivity contribution < 1.29 is 18.6 Å². The van der Waals surface area contributed by atoms with Crippen molar-refractivity contribution in [3.8, 4) is 23.6 Å². The highest BCUT2D eigenvalue weighted by Gasteiger charge is 2.18. The molecular weight excluding hydrogens is 388 g/mol. The van der Waals surface area contributed by atoms with Crippen LogP contribution in [0.5, 0.6) is 11.5 Å². The summed E-state index contributed by atoms with van der Waals surface area (Å²) in [6.45, 7) is 6.63. The van der Waals surface area contributed by atoms with Crippen molar-refractivity contribution in [3.63, 3.8) is 0 Å². The molecule has 0 amide bonds. The number of benzene rings is 2. The third-order valence-corrected chi connectivity index (χ3v) is 5.79. The van der Waals surface area contributed by atoms with E-state index in [0.29, 0.717) is 33.4 Å². The molecule has 7 heteroatoms. The van der Waals surface area contributed by atoms with Gasteiger partial charge < -0.3 is 10.2 Å². The van der Waals surface area contributed by atoms with E-state index in [9.17, 15) is 29.2 Å². The molecule has 0 saturated carbocycles. The summed E-state index contributed by atoms with van der Waals surface area (Å²) in [5.41, 5.74) is 2.74. The number of hydrogen-bond donors (Lipinski definition) is 2. The Labute approximate surface area is 170 Å². The molecule has 0 saturated heterocycles. The van der Waals surface area contributed by atoms with Crippen molar-refractivity contribution >= 4 is 21.5 Å². The molecule has 0 aromatic heterocycles. The van der Waals surface area contributed by atoms with E-state index in [4.69, 9.17) is 0 Å². The summed E-state index contributed by atoms with van der Waals surface area (Å²) >= 11 is 0. The Kier molecular flexibility index (Phi) is 6.16. The zero-order valence-corrected chi connectivity index (χ0v) is 17.3. The number of phenols is 2. The lowest BCUT2D eigenvalue weighted by molar-refractivity contribution is 0.466. The summed E-state index contributed by atoms with van der Waals surface area (Å²) in [4.78, 5) is -0.526. The second-order valence-electron chi connectivity index (χ2n) is 6.77. The maximum Gasteiger partial charge on any atom is 0.211 e. The van der Waals surface area contributed by atoms with Crippen molar-refractivity contribution in [3.05, 3.63) is 68.0 Å². The smallest absolute Gasteiger partial charge is 0.211 e. The number of aryl methyl sites for hydroxylation is 4. The maximum atomic E-state index is 12.8. The molecule has 148 valence electrons. The maximum absolute atomic E-state index is 12.8. The zero-order valence-electron chi connectivity index (χ0n) is 16.5. The minimum absolute atomic E-state index is 0.0737. The number of nitriles is 2. The first-order valence-corrected chi connectivity index (χ1v) is 10.1. The predicted octanol–water partition coefficient (Wildman–Crippen LogP) is 4.18. The van der Waals surface area contributed by atoms with Gasteiger partial charge in [0.05, 0.1) is 11.0 Å². The van der Waals surface area contributed by atoms with Gasteiger partial charge in [-0.15, -0.1) is 0 Å². The van der Waals surface area contributed by atoms with Gasteiger partial charge >= 0.3 is 0 Å². The van der Waals surface area contributed by atoms with Crippen molar-refractivity contribution in [2.75, 3.05) is 0 Å². The van der Waals surface area contributed by atoms with Crippen molar-refractivity contribution in [2.24, 2.45) is 0 Å². The van der Waals surface area contributed by atoms with Gasteiger partial charge in [-0.1, -0.05) is 0 Å². The Balaban J connectivity index is 2.59. The van der Waals surface area contributed by atoms with Crippen molar-refractivity contribution in [1.82, 2.24) is 0 Å². The molecule has 0 fully saturated rings. The van der Waals surface area contributed by atoms with Gasteiger partial charge in [-0.3, -0.25) is 0 Å². The zero-order chi connectivity index (χ0) is 21.9. The largest absolute Gasteiger partial charge is 0.507 e. The van der Waals surface area contributed by atoms with E-state index < -0.39 is 14.7 Å². The molecule has 0 aliphatic rings. The van der Waals surface area contributed by atoms with Crippen LogP contribution in [0.15, 0.2) is 34.6 Å². The molecule has 0 aliphatic heterocycles. The number of aromatic hydroxyl groups is 2. The number of hydrogen-bond acceptors (Lipinski definition) is 6. The fraction of sp³-hybridized carbons (Fsp3) is 0.182. The van der Waals surface area contributed by atoms with E-state index in [0.717, 1.165) is 5.41 Å². The molecule has 0 unspecified atom stereocenters. The third kappa shape index (κ3) is 4.66. The van der Waals surface area contributed by atoms with Gasteiger partial charge in [0.25, 0.3) is 0 Å². The van der Waals surface area contributed by atoms with Crippen LogP contribution in [0, 0.1) is 50.4 Å². The molecule has 0 atom stereocenters. The summed E-state index contributed by atoms with van der Waals surface area (Å²) < 4.78 is 25.5. The monoisotopic (exact) mass is 408 g/mol. The quantitative estimate of drug-likeness (QED) is 0.732. The molecule has 0 bridgehead atoms. The van der Waals surface area contributed by atoms with Crippen LogP contribution in [0.25, 0.3) is 11.6 Å². The topological polar surface area (TPSA) is 122 Å². The fourth-order valence-corrected chi connectivity index (χ4v) is 3.94. The molecule has 6 nitrogen and oxygen atoms in total. The second-order valence-corrected chi connectivity index (χ2v) is 8.54. The first kappa shape index (κ1) is 21.7. The average Bonchev–Trinajstić information content (AvgIpc) is 2.65. The highest BCUT2D eigenvalue weighted by molar-refractivity contribution is 7.98. The summed E-state index contributed by atoms with van der Waals surface area (Å²) in [5, 5.41) is 39.4. The number of allylic oxidation sites excluding steroid dienone is 2. The fourth-order valence-electron chi connectivity index (χ4n) is 2.89. The number of sulfone groups is 1. The molecule has 2 aromatic rings. The number of nitrogens with zero attached hydrogens (tertiary/aromatic N) is 2. The molecular formula is C22H20N2O4S. The van der Waals surface area contributed by atoms with Crippen LogP contribution in [0.1, 0.15) is 33.4 Å². The third-order valence-electron chi connectivity index (χ3n) is 4.42. The molecule has 2 N–H and O–H groups in total. The van der Waals surface area contributed by atoms with Gasteiger partial charge in [0, 0.05) is 0 Å². The van der Waals surface area contributed by atoms with Crippen LogP contribution in [-0.2, 0) is 9.84 Å². The first-order chi connectivity index (χ1) is 13.5. The number of rotatable bonds is 4. The highest BCUT2D eigenvalue weighted by atomic mass is 32.2. The summed E-state index contributed by atoms with van der Waals surface area (Å²) in [5.74, 6) is 0.179. The van der Waals surface area contributed by atoms with E-state index in [1.165, 1.54) is 18.2 Å². The average molecular weight is 408 g/mol. The highest BCUT2D eigenvalue weighted by Crippen LogP contribution is 2.29. The van der Waals surface area contributed by atoms with Crippen LogP contribution < -0.4 is 0 Å². The molecule has 0 spiro atoms. The van der Waals surface area contributed by atoms with Gasteiger partial charge in [-0.2, -0.15) is 10.5 Å². The van der Waals surface area contributed by atoms with Gasteiger partial charge in [-0.05, 0) is 91.4 Å². The Morgan fingerprint density at radius 2 is 1.31 bits per heavy atom. The number of phenolic OH excluding ortho intramolecular Hbond substituents is 2. The van der Waals surface area contributed by atoms with Gasteiger partial charge in [0.1, 0.15) is 28.5 Å². The second kappa shape index (κ2) is 8.22. The van der Waals surface area contributed by atoms with Gasteiger partial charge in [0.15, 0.2) is 0 Å². The van der Waals surface area contributed by atoms with Crippen LogP contribution in [0.3, 0.4) is 0 Å². The molecule has 0 heterocycles. The summed E-state index contributed by atoms with van der Waals surface area (Å²) in [6, 6.07) is 9.67. The van der Waals surface area contributed by atoms with Crippen molar-refractivity contribution in [1.29, 1.82) is 10.5 Å². The molecule has 0 aliphatic carbocycles. The SMILES string of the molecule is Cc1cc(/C=C(\C#N)S(=O)(=O)/C=C(/C#N)c2cc(C)c(O)c(C)c2)cc(C)c1O. The van der Waals surface area contributed by atoms with E-state index in [2.05, 4.69) is 0 Å². The van der Waals surface area contributed by atoms with E-state index in [-0.39, 0.29) is 17.1 Å². The predicted molar refractivity (Wildman–Crippen MR) is 111 cm³/mol. The summed E-state index contributed by atoms with van der Waals surface area (Å²) in [7, 11) is -4.21. The van der Waals surface area contributed by atoms with E-state index >= 15 is 0 Å². The van der Waals surface area contributed by atoms with Crippen molar-refractivity contribution in [2.45, 2.75) is 27.7 Å². The lowest BCUT2D eigenvalue weighted by Gasteiger charge is -2.08. The van der Waals surface area contributed by atoms with E-state index in [1.54, 1.807) is 45.9 Å². The normalized spacial score (nSPS) is 12.3. The Morgan fingerprint density at radius 1 is 0.862 bits per heavy atom. The minimum Gasteiger partial charge on any atom is -0.507 e. The van der Waals surface area contributed by atoms with Gasteiger partial charge in [-0.25, -0.2) is 8.42 Å². The van der Waals surface area contributed by atoms with Crippen LogP contribution in [0.2, 0.25) is 0 Å². The Morgan fingerprint density at radius 3 is 1.72 bits per heavy atom. The van der Waals surface area contributed by atoms with E-state index in [1.807, 2.05) is 6.07 Å². The van der Waals surface area contributed by atoms with Crippen LogP contribution >= 0.6 is 0 Å². The van der Waals surface area contributed by atoms with Crippen LogP contribution in [0.4, 0.5) is 0 Å². The molecule has 2 rings (SSSR count). The first-order valence-electron chi connectivity index (χ1n) is 8.59.